The van der Waals surface area contributed by atoms with Gasteiger partial charge >= 0.3 is 0 Å². The quantitative estimate of drug-likeness (QED) is 0.393. The lowest BCUT2D eigenvalue weighted by Crippen LogP contribution is -2.12. The molecule has 0 aliphatic rings. The van der Waals surface area contributed by atoms with Crippen LogP contribution in [0.3, 0.4) is 0 Å². The van der Waals surface area contributed by atoms with Crippen LogP contribution in [-0.2, 0) is 13.2 Å². The summed E-state index contributed by atoms with van der Waals surface area (Å²) >= 11 is 0. The summed E-state index contributed by atoms with van der Waals surface area (Å²) in [5, 5.41) is 7.33. The Labute approximate surface area is 192 Å². The minimum atomic E-state index is -0.385. The standard InChI is InChI=1S/C26H26FN3O3/c1-16-9-10-21(13-17(16)2)32-15-22-11-12-24(33-22)26(31)28-25-18(3)29-30(19(25)4)14-20-7-5-6-8-23(20)27/h5-13H,14-15H2,1-4H3,(H,28,31). The zero-order valence-corrected chi connectivity index (χ0v) is 19.1. The van der Waals surface area contributed by atoms with E-state index in [4.69, 9.17) is 9.15 Å². The third-order valence-electron chi connectivity index (χ3n) is 5.64. The number of hydrogen-bond donors (Lipinski definition) is 1. The molecule has 0 spiro atoms. The zero-order chi connectivity index (χ0) is 23.5. The molecular formula is C26H26FN3O3. The van der Waals surface area contributed by atoms with E-state index in [9.17, 15) is 9.18 Å². The van der Waals surface area contributed by atoms with E-state index in [-0.39, 0.29) is 30.6 Å². The maximum atomic E-state index is 14.0. The van der Waals surface area contributed by atoms with Gasteiger partial charge in [0, 0.05) is 5.56 Å². The molecule has 0 saturated heterocycles. The van der Waals surface area contributed by atoms with Gasteiger partial charge in [-0.25, -0.2) is 4.39 Å². The molecule has 0 bridgehead atoms. The van der Waals surface area contributed by atoms with Gasteiger partial charge in [0.25, 0.3) is 5.91 Å². The number of benzene rings is 2. The zero-order valence-electron chi connectivity index (χ0n) is 19.1. The number of amides is 1. The number of anilines is 1. The number of nitrogens with one attached hydrogen (secondary N) is 1. The number of ether oxygens (including phenoxy) is 1. The number of nitrogens with zero attached hydrogens (tertiary/aromatic N) is 2. The molecule has 170 valence electrons. The lowest BCUT2D eigenvalue weighted by Gasteiger charge is -2.08. The van der Waals surface area contributed by atoms with Crippen LogP contribution in [0.2, 0.25) is 0 Å². The first-order chi connectivity index (χ1) is 15.8. The minimum Gasteiger partial charge on any atom is -0.486 e. The van der Waals surface area contributed by atoms with Crippen LogP contribution >= 0.6 is 0 Å². The smallest absolute Gasteiger partial charge is 0.291 e. The Balaban J connectivity index is 1.42. The fraction of sp³-hybridized carbons (Fsp3) is 0.231. The van der Waals surface area contributed by atoms with E-state index >= 15 is 0 Å². The second kappa shape index (κ2) is 9.32. The first-order valence-electron chi connectivity index (χ1n) is 10.7. The topological polar surface area (TPSA) is 69.3 Å². The largest absolute Gasteiger partial charge is 0.486 e. The Hall–Kier alpha value is -3.87. The molecule has 2 aromatic carbocycles. The van der Waals surface area contributed by atoms with Crippen LogP contribution < -0.4 is 10.1 Å². The van der Waals surface area contributed by atoms with Crippen LogP contribution in [0.15, 0.2) is 59.0 Å². The van der Waals surface area contributed by atoms with E-state index in [1.165, 1.54) is 11.6 Å². The van der Waals surface area contributed by atoms with E-state index in [2.05, 4.69) is 10.4 Å². The van der Waals surface area contributed by atoms with Crippen molar-refractivity contribution in [1.29, 1.82) is 0 Å². The average Bonchev–Trinajstić information content (AvgIpc) is 3.37. The summed E-state index contributed by atoms with van der Waals surface area (Å²) in [5.41, 5.74) is 4.83. The van der Waals surface area contributed by atoms with E-state index < -0.39 is 0 Å². The van der Waals surface area contributed by atoms with Crippen LogP contribution in [-0.4, -0.2) is 15.7 Å². The molecule has 7 heteroatoms. The Kier molecular flexibility index (Phi) is 6.31. The van der Waals surface area contributed by atoms with Crippen molar-refractivity contribution in [2.45, 2.75) is 40.8 Å². The normalized spacial score (nSPS) is 10.9. The number of hydrogen-bond acceptors (Lipinski definition) is 4. The van der Waals surface area contributed by atoms with Gasteiger partial charge in [0.15, 0.2) is 5.76 Å². The van der Waals surface area contributed by atoms with Crippen LogP contribution in [0.4, 0.5) is 10.1 Å². The predicted molar refractivity (Wildman–Crippen MR) is 124 cm³/mol. The van der Waals surface area contributed by atoms with Crippen molar-refractivity contribution in [3.63, 3.8) is 0 Å². The maximum absolute atomic E-state index is 14.0. The molecule has 0 aliphatic heterocycles. The highest BCUT2D eigenvalue weighted by atomic mass is 19.1. The van der Waals surface area contributed by atoms with Crippen molar-refractivity contribution in [3.8, 4) is 5.75 Å². The summed E-state index contributed by atoms with van der Waals surface area (Å²) in [6, 6.07) is 15.8. The molecule has 4 aromatic rings. The van der Waals surface area contributed by atoms with Crippen molar-refractivity contribution in [2.75, 3.05) is 5.32 Å². The Morgan fingerprint density at radius 2 is 1.85 bits per heavy atom. The maximum Gasteiger partial charge on any atom is 0.291 e. The van der Waals surface area contributed by atoms with Gasteiger partial charge in [0.1, 0.15) is 23.9 Å². The number of furan rings is 1. The summed E-state index contributed by atoms with van der Waals surface area (Å²) in [5.74, 6) is 0.788. The second-order valence-corrected chi connectivity index (χ2v) is 8.05. The lowest BCUT2D eigenvalue weighted by atomic mass is 10.1. The first kappa shape index (κ1) is 22.3. The average molecular weight is 448 g/mol. The fourth-order valence-electron chi connectivity index (χ4n) is 3.53. The Morgan fingerprint density at radius 1 is 1.06 bits per heavy atom. The number of carbonyl (C=O) groups excluding carboxylic acids is 1. The van der Waals surface area contributed by atoms with Crippen LogP contribution in [0.5, 0.6) is 5.75 Å². The van der Waals surface area contributed by atoms with Crippen molar-refractivity contribution in [3.05, 3.63) is 100 Å². The molecule has 0 atom stereocenters. The van der Waals surface area contributed by atoms with Gasteiger partial charge < -0.3 is 14.5 Å². The van der Waals surface area contributed by atoms with Crippen LogP contribution in [0, 0.1) is 33.5 Å². The highest BCUT2D eigenvalue weighted by molar-refractivity contribution is 6.02. The van der Waals surface area contributed by atoms with E-state index in [0.717, 1.165) is 17.0 Å². The molecule has 0 radical (unpaired) electrons. The van der Waals surface area contributed by atoms with Crippen LogP contribution in [0.25, 0.3) is 0 Å². The van der Waals surface area contributed by atoms with Crippen LogP contribution in [0.1, 0.15) is 44.4 Å². The van der Waals surface area contributed by atoms with E-state index in [1.807, 2.05) is 39.0 Å². The Morgan fingerprint density at radius 3 is 2.61 bits per heavy atom. The molecule has 33 heavy (non-hydrogen) atoms. The third kappa shape index (κ3) is 4.98. The van der Waals surface area contributed by atoms with E-state index in [1.54, 1.807) is 41.9 Å². The number of aromatic nitrogens is 2. The minimum absolute atomic E-state index is 0.175. The number of aryl methyl sites for hydroxylation is 3. The molecule has 0 unspecified atom stereocenters. The van der Waals surface area contributed by atoms with Crippen molar-refractivity contribution in [2.24, 2.45) is 0 Å². The number of rotatable bonds is 7. The monoisotopic (exact) mass is 447 g/mol. The summed E-state index contributed by atoms with van der Waals surface area (Å²) in [6.45, 7) is 8.20. The predicted octanol–water partition coefficient (Wildman–Crippen LogP) is 5.73. The molecular weight excluding hydrogens is 421 g/mol. The second-order valence-electron chi connectivity index (χ2n) is 8.05. The summed E-state index contributed by atoms with van der Waals surface area (Å²) in [7, 11) is 0. The molecule has 0 fully saturated rings. The molecule has 1 amide bonds. The van der Waals surface area contributed by atoms with Gasteiger partial charge in [-0.3, -0.25) is 9.48 Å². The third-order valence-corrected chi connectivity index (χ3v) is 5.64. The van der Waals surface area contributed by atoms with Crippen molar-refractivity contribution in [1.82, 2.24) is 9.78 Å². The highest BCUT2D eigenvalue weighted by Gasteiger charge is 2.18. The SMILES string of the molecule is Cc1ccc(OCc2ccc(C(=O)Nc3c(C)nn(Cc4ccccc4F)c3C)o2)cc1C. The molecule has 0 aliphatic carbocycles. The molecule has 0 saturated carbocycles. The molecule has 1 N–H and O–H groups in total. The summed E-state index contributed by atoms with van der Waals surface area (Å²) in [4.78, 5) is 12.8. The van der Waals surface area contributed by atoms with Crippen molar-refractivity contribution < 1.29 is 18.3 Å². The summed E-state index contributed by atoms with van der Waals surface area (Å²) in [6.07, 6.45) is 0. The Bertz CT molecular complexity index is 1310. The molecule has 2 aromatic heterocycles. The molecule has 4 rings (SSSR count). The molecule has 6 nitrogen and oxygen atoms in total. The number of carbonyl (C=O) groups is 1. The highest BCUT2D eigenvalue weighted by Crippen LogP contribution is 2.23. The number of halogens is 1. The van der Waals surface area contributed by atoms with E-state index in [0.29, 0.717) is 22.7 Å². The fourth-order valence-corrected chi connectivity index (χ4v) is 3.53. The van der Waals surface area contributed by atoms with Crippen molar-refractivity contribution >= 4 is 11.6 Å². The van der Waals surface area contributed by atoms with Gasteiger partial charge in [-0.1, -0.05) is 24.3 Å². The summed E-state index contributed by atoms with van der Waals surface area (Å²) < 4.78 is 27.2. The van der Waals surface area contributed by atoms with Gasteiger partial charge in [-0.15, -0.1) is 0 Å². The first-order valence-corrected chi connectivity index (χ1v) is 10.7. The van der Waals surface area contributed by atoms with Gasteiger partial charge in [-0.05, 0) is 69.2 Å². The van der Waals surface area contributed by atoms with Gasteiger partial charge in [0.05, 0.1) is 23.6 Å². The van der Waals surface area contributed by atoms with Gasteiger partial charge in [-0.2, -0.15) is 5.10 Å². The lowest BCUT2D eigenvalue weighted by molar-refractivity contribution is 0.0992. The molecule has 2 heterocycles. The van der Waals surface area contributed by atoms with Gasteiger partial charge in [0.2, 0.25) is 0 Å².